The highest BCUT2D eigenvalue weighted by Gasteiger charge is 2.34. The molecule has 1 fully saturated rings. The molecule has 0 aromatic heterocycles. The largest absolute Gasteiger partial charge is 0.453 e. The predicted molar refractivity (Wildman–Crippen MR) is 51.8 cm³/mol. The first-order chi connectivity index (χ1) is 6.50. The topological polar surface area (TPSA) is 63.7 Å². The molecule has 5 nitrogen and oxygen atoms in total. The summed E-state index contributed by atoms with van der Waals surface area (Å²) in [6.07, 6.45) is 0.0697. The highest BCUT2D eigenvalue weighted by atomic mass is 32.2. The van der Waals surface area contributed by atoms with Crippen LogP contribution in [0.5, 0.6) is 0 Å². The SMILES string of the molecule is CCN(C(=O)OC)C1CCS(=O)(=O)C1. The molecule has 0 radical (unpaired) electrons. The number of rotatable bonds is 2. The Bertz CT molecular complexity index is 311. The lowest BCUT2D eigenvalue weighted by Gasteiger charge is -2.24. The summed E-state index contributed by atoms with van der Waals surface area (Å²) in [5, 5.41) is 0. The number of carbonyl (C=O) groups is 1. The van der Waals surface area contributed by atoms with Crippen LogP contribution >= 0.6 is 0 Å². The van der Waals surface area contributed by atoms with Crippen LogP contribution in [0.25, 0.3) is 0 Å². The Hall–Kier alpha value is -0.780. The maximum atomic E-state index is 11.2. The van der Waals surface area contributed by atoms with E-state index in [1.807, 2.05) is 6.92 Å². The van der Waals surface area contributed by atoms with Crippen molar-refractivity contribution < 1.29 is 17.9 Å². The lowest BCUT2D eigenvalue weighted by Crippen LogP contribution is -2.40. The number of hydrogen-bond donors (Lipinski definition) is 0. The fourth-order valence-electron chi connectivity index (χ4n) is 1.67. The molecule has 0 aromatic rings. The van der Waals surface area contributed by atoms with Crippen molar-refractivity contribution in [2.24, 2.45) is 0 Å². The Morgan fingerprint density at radius 3 is 2.57 bits per heavy atom. The van der Waals surface area contributed by atoms with Crippen molar-refractivity contribution in [3.8, 4) is 0 Å². The van der Waals surface area contributed by atoms with Gasteiger partial charge in [0.2, 0.25) is 0 Å². The lowest BCUT2D eigenvalue weighted by molar-refractivity contribution is 0.112. The monoisotopic (exact) mass is 221 g/mol. The van der Waals surface area contributed by atoms with Crippen LogP contribution in [0.2, 0.25) is 0 Å². The number of methoxy groups -OCH3 is 1. The van der Waals surface area contributed by atoms with Gasteiger partial charge in [-0.15, -0.1) is 0 Å². The summed E-state index contributed by atoms with van der Waals surface area (Å²) in [6, 6.07) is -0.211. The molecule has 1 aliphatic heterocycles. The molecule has 6 heteroatoms. The Balaban J connectivity index is 2.69. The number of ether oxygens (including phenoxy) is 1. The van der Waals surface area contributed by atoms with E-state index in [1.54, 1.807) is 0 Å². The molecule has 82 valence electrons. The highest BCUT2D eigenvalue weighted by Crippen LogP contribution is 2.18. The molecular formula is C8H15NO4S. The van der Waals surface area contributed by atoms with Gasteiger partial charge in [-0.3, -0.25) is 0 Å². The average Bonchev–Trinajstić information content (AvgIpc) is 2.47. The van der Waals surface area contributed by atoms with Gasteiger partial charge in [-0.1, -0.05) is 0 Å². The summed E-state index contributed by atoms with van der Waals surface area (Å²) in [4.78, 5) is 12.7. The van der Waals surface area contributed by atoms with E-state index in [-0.39, 0.29) is 17.5 Å². The van der Waals surface area contributed by atoms with E-state index < -0.39 is 15.9 Å². The normalized spacial score (nSPS) is 24.6. The maximum Gasteiger partial charge on any atom is 0.409 e. The Labute approximate surface area is 83.9 Å². The molecule has 1 unspecified atom stereocenters. The van der Waals surface area contributed by atoms with Crippen molar-refractivity contribution in [3.05, 3.63) is 0 Å². The van der Waals surface area contributed by atoms with Crippen LogP contribution in [0.15, 0.2) is 0 Å². The number of hydrogen-bond acceptors (Lipinski definition) is 4. The van der Waals surface area contributed by atoms with Crippen molar-refractivity contribution in [1.82, 2.24) is 4.90 Å². The van der Waals surface area contributed by atoms with Crippen molar-refractivity contribution >= 4 is 15.9 Å². The van der Waals surface area contributed by atoms with E-state index in [0.717, 1.165) is 0 Å². The van der Waals surface area contributed by atoms with Crippen molar-refractivity contribution in [2.75, 3.05) is 25.2 Å². The van der Waals surface area contributed by atoms with Crippen LogP contribution in [-0.2, 0) is 14.6 Å². The second-order valence-electron chi connectivity index (χ2n) is 3.31. The summed E-state index contributed by atoms with van der Waals surface area (Å²) >= 11 is 0. The van der Waals surface area contributed by atoms with Crippen LogP contribution in [0, 0.1) is 0 Å². The number of sulfone groups is 1. The predicted octanol–water partition coefficient (Wildman–Crippen LogP) is 0.262. The van der Waals surface area contributed by atoms with Gasteiger partial charge < -0.3 is 9.64 Å². The van der Waals surface area contributed by atoms with Crippen LogP contribution < -0.4 is 0 Å². The van der Waals surface area contributed by atoms with E-state index in [4.69, 9.17) is 0 Å². The fraction of sp³-hybridized carbons (Fsp3) is 0.875. The summed E-state index contributed by atoms with van der Waals surface area (Å²) in [7, 11) is -1.64. The van der Waals surface area contributed by atoms with Gasteiger partial charge in [-0.2, -0.15) is 0 Å². The van der Waals surface area contributed by atoms with Gasteiger partial charge in [-0.05, 0) is 13.3 Å². The smallest absolute Gasteiger partial charge is 0.409 e. The molecule has 1 rings (SSSR count). The van der Waals surface area contributed by atoms with E-state index in [2.05, 4.69) is 4.74 Å². The average molecular weight is 221 g/mol. The minimum atomic E-state index is -2.94. The molecule has 0 N–H and O–H groups in total. The van der Waals surface area contributed by atoms with Gasteiger partial charge in [0.1, 0.15) is 0 Å². The van der Waals surface area contributed by atoms with Gasteiger partial charge in [0.15, 0.2) is 9.84 Å². The molecule has 1 heterocycles. The first-order valence-electron chi connectivity index (χ1n) is 4.55. The first-order valence-corrected chi connectivity index (χ1v) is 6.37. The van der Waals surface area contributed by atoms with Crippen molar-refractivity contribution in [1.29, 1.82) is 0 Å². The Morgan fingerprint density at radius 2 is 2.21 bits per heavy atom. The molecule has 1 amide bonds. The van der Waals surface area contributed by atoms with Gasteiger partial charge in [0, 0.05) is 12.6 Å². The molecule has 1 saturated heterocycles. The third-order valence-electron chi connectivity index (χ3n) is 2.40. The van der Waals surface area contributed by atoms with Crippen molar-refractivity contribution in [3.63, 3.8) is 0 Å². The molecule has 14 heavy (non-hydrogen) atoms. The standard InChI is InChI=1S/C8H15NO4S/c1-3-9(8(10)13-2)7-4-5-14(11,12)6-7/h7H,3-6H2,1-2H3. The molecular weight excluding hydrogens is 206 g/mol. The van der Waals surface area contributed by atoms with E-state index in [0.29, 0.717) is 13.0 Å². The Morgan fingerprint density at radius 1 is 1.57 bits per heavy atom. The molecule has 1 atom stereocenters. The molecule has 0 saturated carbocycles. The third kappa shape index (κ3) is 2.37. The van der Waals surface area contributed by atoms with E-state index >= 15 is 0 Å². The number of amides is 1. The molecule has 1 aliphatic rings. The zero-order valence-corrected chi connectivity index (χ0v) is 9.21. The minimum absolute atomic E-state index is 0.0654. The summed E-state index contributed by atoms with van der Waals surface area (Å²) in [5.74, 6) is 0.237. The summed E-state index contributed by atoms with van der Waals surface area (Å²) < 4.78 is 27.0. The van der Waals surface area contributed by atoms with Crippen molar-refractivity contribution in [2.45, 2.75) is 19.4 Å². The zero-order valence-electron chi connectivity index (χ0n) is 8.39. The third-order valence-corrected chi connectivity index (χ3v) is 4.15. The molecule has 0 spiro atoms. The second-order valence-corrected chi connectivity index (χ2v) is 5.54. The van der Waals surface area contributed by atoms with Crippen LogP contribution in [0.3, 0.4) is 0 Å². The number of nitrogens with zero attached hydrogens (tertiary/aromatic N) is 1. The van der Waals surface area contributed by atoms with E-state index in [1.165, 1.54) is 12.0 Å². The molecule has 0 aliphatic carbocycles. The fourth-order valence-corrected chi connectivity index (χ4v) is 3.41. The minimum Gasteiger partial charge on any atom is -0.453 e. The van der Waals surface area contributed by atoms with Gasteiger partial charge in [-0.25, -0.2) is 13.2 Å². The second kappa shape index (κ2) is 4.16. The highest BCUT2D eigenvalue weighted by molar-refractivity contribution is 7.91. The van der Waals surface area contributed by atoms with Crippen LogP contribution in [0.1, 0.15) is 13.3 Å². The molecule has 0 bridgehead atoms. The Kier molecular flexibility index (Phi) is 3.36. The van der Waals surface area contributed by atoms with Crippen LogP contribution in [0.4, 0.5) is 4.79 Å². The maximum absolute atomic E-state index is 11.2. The van der Waals surface area contributed by atoms with Gasteiger partial charge in [0.25, 0.3) is 0 Å². The number of carbonyl (C=O) groups excluding carboxylic acids is 1. The summed E-state index contributed by atoms with van der Waals surface area (Å²) in [5.41, 5.74) is 0. The quantitative estimate of drug-likeness (QED) is 0.671. The summed E-state index contributed by atoms with van der Waals surface area (Å²) in [6.45, 7) is 2.29. The zero-order chi connectivity index (χ0) is 10.8. The van der Waals surface area contributed by atoms with Gasteiger partial charge in [0.05, 0.1) is 18.6 Å². The van der Waals surface area contributed by atoms with Crippen LogP contribution in [-0.4, -0.2) is 50.6 Å². The lowest BCUT2D eigenvalue weighted by atomic mass is 10.2. The van der Waals surface area contributed by atoms with E-state index in [9.17, 15) is 13.2 Å². The molecule has 0 aromatic carbocycles. The first kappa shape index (κ1) is 11.3. The van der Waals surface area contributed by atoms with Gasteiger partial charge >= 0.3 is 6.09 Å².